The molecule has 4 nitrogen and oxygen atoms in total. The van der Waals surface area contributed by atoms with E-state index in [-0.39, 0.29) is 11.0 Å². The average Bonchev–Trinajstić information content (AvgIpc) is 2.49. The quantitative estimate of drug-likeness (QED) is 0.729. The first-order valence-electron chi connectivity index (χ1n) is 7.36. The second-order valence-corrected chi connectivity index (χ2v) is 6.46. The average molecular weight is 293 g/mol. The second-order valence-electron chi connectivity index (χ2n) is 6.46. The molecule has 0 amide bonds. The maximum absolute atomic E-state index is 12.1. The molecule has 112 valence electrons. The standard InChI is InChI=1S/C18H19N3O/c1-18(2,3)15-9-10-16(22)21(20-15)12-14-7-4-6-13-8-5-11-19-17(13)14/h4-11H,12H2,1-3H3. The van der Waals surface area contributed by atoms with Crippen LogP contribution in [-0.4, -0.2) is 14.8 Å². The fourth-order valence-corrected chi connectivity index (χ4v) is 2.42. The molecule has 0 saturated heterocycles. The van der Waals surface area contributed by atoms with E-state index in [4.69, 9.17) is 0 Å². The fraction of sp³-hybridized carbons (Fsp3) is 0.278. The molecule has 0 spiro atoms. The van der Waals surface area contributed by atoms with E-state index in [0.717, 1.165) is 22.2 Å². The predicted molar refractivity (Wildman–Crippen MR) is 88.0 cm³/mol. The molecule has 0 saturated carbocycles. The number of rotatable bonds is 2. The van der Waals surface area contributed by atoms with Crippen molar-refractivity contribution < 1.29 is 0 Å². The van der Waals surface area contributed by atoms with Gasteiger partial charge in [0, 0.05) is 23.1 Å². The van der Waals surface area contributed by atoms with Crippen LogP contribution in [-0.2, 0) is 12.0 Å². The van der Waals surface area contributed by atoms with E-state index >= 15 is 0 Å². The van der Waals surface area contributed by atoms with Crippen LogP contribution in [0.15, 0.2) is 53.5 Å². The van der Waals surface area contributed by atoms with Gasteiger partial charge in [0.1, 0.15) is 0 Å². The van der Waals surface area contributed by atoms with Crippen molar-refractivity contribution in [2.45, 2.75) is 32.7 Å². The summed E-state index contributed by atoms with van der Waals surface area (Å²) in [4.78, 5) is 16.6. The van der Waals surface area contributed by atoms with Gasteiger partial charge < -0.3 is 0 Å². The van der Waals surface area contributed by atoms with Crippen molar-refractivity contribution in [2.75, 3.05) is 0 Å². The maximum atomic E-state index is 12.1. The van der Waals surface area contributed by atoms with Crippen molar-refractivity contribution in [1.29, 1.82) is 0 Å². The van der Waals surface area contributed by atoms with Gasteiger partial charge in [0.05, 0.1) is 17.8 Å². The van der Waals surface area contributed by atoms with Crippen molar-refractivity contribution in [3.8, 4) is 0 Å². The number of para-hydroxylation sites is 1. The molecule has 0 radical (unpaired) electrons. The van der Waals surface area contributed by atoms with E-state index < -0.39 is 0 Å². The van der Waals surface area contributed by atoms with Crippen LogP contribution in [0.3, 0.4) is 0 Å². The van der Waals surface area contributed by atoms with Crippen LogP contribution in [0.5, 0.6) is 0 Å². The molecule has 3 rings (SSSR count). The van der Waals surface area contributed by atoms with E-state index in [1.54, 1.807) is 18.3 Å². The minimum Gasteiger partial charge on any atom is -0.268 e. The Hall–Kier alpha value is -2.49. The van der Waals surface area contributed by atoms with Crippen LogP contribution in [0.2, 0.25) is 0 Å². The zero-order valence-corrected chi connectivity index (χ0v) is 13.1. The second kappa shape index (κ2) is 5.37. The molecule has 0 fully saturated rings. The van der Waals surface area contributed by atoms with Crippen molar-refractivity contribution in [3.63, 3.8) is 0 Å². The number of pyridine rings is 1. The van der Waals surface area contributed by atoms with Crippen LogP contribution in [0, 0.1) is 0 Å². The topological polar surface area (TPSA) is 47.8 Å². The van der Waals surface area contributed by atoms with Gasteiger partial charge in [-0.15, -0.1) is 0 Å². The summed E-state index contributed by atoms with van der Waals surface area (Å²) in [6, 6.07) is 13.3. The largest absolute Gasteiger partial charge is 0.268 e. The Balaban J connectivity index is 2.07. The molecule has 22 heavy (non-hydrogen) atoms. The zero-order valence-electron chi connectivity index (χ0n) is 13.1. The summed E-state index contributed by atoms with van der Waals surface area (Å²) in [5.41, 5.74) is 2.63. The van der Waals surface area contributed by atoms with Gasteiger partial charge >= 0.3 is 0 Å². The lowest BCUT2D eigenvalue weighted by Gasteiger charge is -2.18. The Morgan fingerprint density at radius 3 is 2.59 bits per heavy atom. The summed E-state index contributed by atoms with van der Waals surface area (Å²) in [6.45, 7) is 6.69. The lowest BCUT2D eigenvalue weighted by molar-refractivity contribution is 0.518. The molecule has 0 bridgehead atoms. The monoisotopic (exact) mass is 293 g/mol. The highest BCUT2D eigenvalue weighted by molar-refractivity contribution is 5.81. The van der Waals surface area contributed by atoms with E-state index in [0.29, 0.717) is 6.54 Å². The molecule has 0 atom stereocenters. The first-order chi connectivity index (χ1) is 10.4. The molecule has 0 aliphatic carbocycles. The Bertz CT molecular complexity index is 870. The molecule has 4 heteroatoms. The van der Waals surface area contributed by atoms with Crippen molar-refractivity contribution >= 4 is 10.9 Å². The summed E-state index contributed by atoms with van der Waals surface area (Å²) in [5, 5.41) is 5.59. The van der Waals surface area contributed by atoms with E-state index in [2.05, 4.69) is 30.9 Å². The lowest BCUT2D eigenvalue weighted by atomic mass is 9.92. The van der Waals surface area contributed by atoms with Crippen molar-refractivity contribution in [3.05, 3.63) is 70.3 Å². The minimum atomic E-state index is -0.0964. The summed E-state index contributed by atoms with van der Waals surface area (Å²) in [6.07, 6.45) is 1.77. The summed E-state index contributed by atoms with van der Waals surface area (Å²) < 4.78 is 1.52. The number of nitrogens with zero attached hydrogens (tertiary/aromatic N) is 3. The highest BCUT2D eigenvalue weighted by atomic mass is 16.1. The van der Waals surface area contributed by atoms with Gasteiger partial charge in [-0.3, -0.25) is 9.78 Å². The molecule has 0 aliphatic heterocycles. The number of benzene rings is 1. The van der Waals surface area contributed by atoms with Gasteiger partial charge in [0.15, 0.2) is 0 Å². The Labute approximate surface area is 129 Å². The van der Waals surface area contributed by atoms with Crippen LogP contribution in [0.1, 0.15) is 32.0 Å². The highest BCUT2D eigenvalue weighted by Crippen LogP contribution is 2.19. The number of fused-ring (bicyclic) bond motifs is 1. The van der Waals surface area contributed by atoms with Crippen molar-refractivity contribution in [1.82, 2.24) is 14.8 Å². The smallest absolute Gasteiger partial charge is 0.267 e. The van der Waals surface area contributed by atoms with Gasteiger partial charge in [0.2, 0.25) is 0 Å². The predicted octanol–water partition coefficient (Wildman–Crippen LogP) is 3.14. The van der Waals surface area contributed by atoms with Gasteiger partial charge in [0.25, 0.3) is 5.56 Å². The van der Waals surface area contributed by atoms with Crippen LogP contribution < -0.4 is 5.56 Å². The fourth-order valence-electron chi connectivity index (χ4n) is 2.42. The highest BCUT2D eigenvalue weighted by Gasteiger charge is 2.16. The normalized spacial score (nSPS) is 11.8. The minimum absolute atomic E-state index is 0.0908. The maximum Gasteiger partial charge on any atom is 0.267 e. The zero-order chi connectivity index (χ0) is 15.7. The van der Waals surface area contributed by atoms with Crippen LogP contribution in [0.4, 0.5) is 0 Å². The molecular weight excluding hydrogens is 274 g/mol. The first-order valence-corrected chi connectivity index (χ1v) is 7.36. The van der Waals surface area contributed by atoms with E-state index in [1.165, 1.54) is 4.68 Å². The van der Waals surface area contributed by atoms with Crippen LogP contribution >= 0.6 is 0 Å². The summed E-state index contributed by atoms with van der Waals surface area (Å²) >= 11 is 0. The molecule has 3 aromatic rings. The molecule has 0 N–H and O–H groups in total. The lowest BCUT2D eigenvalue weighted by Crippen LogP contribution is -2.27. The molecule has 0 unspecified atom stereocenters. The Morgan fingerprint density at radius 1 is 1.05 bits per heavy atom. The van der Waals surface area contributed by atoms with Gasteiger partial charge in [-0.1, -0.05) is 45.0 Å². The number of hydrogen-bond acceptors (Lipinski definition) is 3. The van der Waals surface area contributed by atoms with E-state index in [9.17, 15) is 4.79 Å². The van der Waals surface area contributed by atoms with Crippen LogP contribution in [0.25, 0.3) is 10.9 Å². The number of aromatic nitrogens is 3. The molecule has 2 heterocycles. The summed E-state index contributed by atoms with van der Waals surface area (Å²) in [5.74, 6) is 0. The SMILES string of the molecule is CC(C)(C)c1ccc(=O)n(Cc2cccc3cccnc23)n1. The summed E-state index contributed by atoms with van der Waals surface area (Å²) in [7, 11) is 0. The molecule has 0 aliphatic rings. The third-order valence-corrected chi connectivity index (χ3v) is 3.67. The van der Waals surface area contributed by atoms with E-state index in [1.807, 2.05) is 30.3 Å². The molecule has 1 aromatic carbocycles. The third kappa shape index (κ3) is 2.77. The van der Waals surface area contributed by atoms with Gasteiger partial charge in [-0.25, -0.2) is 4.68 Å². The Morgan fingerprint density at radius 2 is 1.82 bits per heavy atom. The van der Waals surface area contributed by atoms with Gasteiger partial charge in [-0.05, 0) is 17.7 Å². The van der Waals surface area contributed by atoms with Crippen molar-refractivity contribution in [2.24, 2.45) is 0 Å². The molecular formula is C18H19N3O. The molecule has 2 aromatic heterocycles. The third-order valence-electron chi connectivity index (χ3n) is 3.67. The number of hydrogen-bond donors (Lipinski definition) is 0. The first kappa shape index (κ1) is 14.4. The van der Waals surface area contributed by atoms with Gasteiger partial charge in [-0.2, -0.15) is 5.10 Å². The Kier molecular flexibility index (Phi) is 3.53.